The molecule has 4 nitrogen and oxygen atoms in total. The fourth-order valence-electron chi connectivity index (χ4n) is 2.71. The molecule has 1 N–H and O–H groups in total. The normalized spacial score (nSPS) is 24.1. The van der Waals surface area contributed by atoms with Crippen molar-refractivity contribution in [3.63, 3.8) is 0 Å². The molecule has 1 aromatic rings. The Morgan fingerprint density at radius 3 is 3.06 bits per heavy atom. The summed E-state index contributed by atoms with van der Waals surface area (Å²) in [6, 6.07) is 6.83. The van der Waals surface area contributed by atoms with Gasteiger partial charge in [0.1, 0.15) is 5.82 Å². The van der Waals surface area contributed by atoms with Crippen molar-refractivity contribution in [3.8, 4) is 0 Å². The summed E-state index contributed by atoms with van der Waals surface area (Å²) in [6.45, 7) is 3.52. The van der Waals surface area contributed by atoms with Gasteiger partial charge in [-0.3, -0.25) is 4.79 Å². The van der Waals surface area contributed by atoms with Crippen LogP contribution in [0.2, 0.25) is 0 Å². The minimum Gasteiger partial charge on any atom is -0.368 e. The van der Waals surface area contributed by atoms with E-state index in [9.17, 15) is 9.18 Å². The van der Waals surface area contributed by atoms with Crippen LogP contribution in [-0.4, -0.2) is 49.6 Å². The highest BCUT2D eigenvalue weighted by Crippen LogP contribution is 2.20. The van der Waals surface area contributed by atoms with E-state index in [-0.39, 0.29) is 17.8 Å². The summed E-state index contributed by atoms with van der Waals surface area (Å²) in [5.41, 5.74) is 0.896. The van der Waals surface area contributed by atoms with Gasteiger partial charge in [0.15, 0.2) is 0 Å². The largest absolute Gasteiger partial charge is 0.368 e. The number of anilines is 1. The molecule has 2 aliphatic rings. The van der Waals surface area contributed by atoms with E-state index in [1.807, 2.05) is 11.0 Å². The van der Waals surface area contributed by atoms with Gasteiger partial charge in [0.05, 0.1) is 12.6 Å². The quantitative estimate of drug-likeness (QED) is 0.785. The van der Waals surface area contributed by atoms with Crippen LogP contribution in [0.3, 0.4) is 0 Å². The van der Waals surface area contributed by atoms with Crippen molar-refractivity contribution < 1.29 is 9.18 Å². The maximum Gasteiger partial charge on any atom is 0.236 e. The average Bonchev–Trinajstić information content (AvgIpc) is 2.39. The summed E-state index contributed by atoms with van der Waals surface area (Å²) < 4.78 is 13.2. The minimum atomic E-state index is -0.215. The second kappa shape index (κ2) is 4.57. The molecule has 2 aliphatic heterocycles. The summed E-state index contributed by atoms with van der Waals surface area (Å²) in [5.74, 6) is -0.0436. The van der Waals surface area contributed by atoms with Crippen LogP contribution in [0, 0.1) is 5.82 Å². The number of halogens is 1. The lowest BCUT2D eigenvalue weighted by atomic mass is 10.1. The Morgan fingerprint density at radius 2 is 2.22 bits per heavy atom. The van der Waals surface area contributed by atoms with E-state index in [0.717, 1.165) is 31.9 Å². The van der Waals surface area contributed by atoms with Gasteiger partial charge in [0.25, 0.3) is 0 Å². The van der Waals surface area contributed by atoms with Crippen molar-refractivity contribution >= 4 is 11.6 Å². The van der Waals surface area contributed by atoms with Gasteiger partial charge < -0.3 is 15.1 Å². The first-order chi connectivity index (χ1) is 8.74. The summed E-state index contributed by atoms with van der Waals surface area (Å²) in [4.78, 5) is 15.8. The van der Waals surface area contributed by atoms with Crippen molar-refractivity contribution in [3.05, 3.63) is 30.1 Å². The molecule has 1 amide bonds. The summed E-state index contributed by atoms with van der Waals surface area (Å²) in [6.07, 6.45) is 0. The van der Waals surface area contributed by atoms with Crippen LogP contribution in [-0.2, 0) is 4.79 Å². The van der Waals surface area contributed by atoms with Crippen molar-refractivity contribution in [2.24, 2.45) is 0 Å². The summed E-state index contributed by atoms with van der Waals surface area (Å²) in [7, 11) is 0. The van der Waals surface area contributed by atoms with Gasteiger partial charge in [-0.15, -0.1) is 0 Å². The van der Waals surface area contributed by atoms with Crippen LogP contribution in [0.1, 0.15) is 0 Å². The Bertz CT molecular complexity index is 465. The maximum atomic E-state index is 13.2. The lowest BCUT2D eigenvalue weighted by molar-refractivity contribution is -0.135. The third-order valence-corrected chi connectivity index (χ3v) is 3.63. The lowest BCUT2D eigenvalue weighted by Crippen LogP contribution is -2.63. The third-order valence-electron chi connectivity index (χ3n) is 3.63. The number of amides is 1. The zero-order valence-corrected chi connectivity index (χ0v) is 10.1. The van der Waals surface area contributed by atoms with Gasteiger partial charge >= 0.3 is 0 Å². The predicted molar refractivity (Wildman–Crippen MR) is 67.0 cm³/mol. The van der Waals surface area contributed by atoms with E-state index < -0.39 is 0 Å². The van der Waals surface area contributed by atoms with Crippen LogP contribution < -0.4 is 10.2 Å². The highest BCUT2D eigenvalue weighted by Gasteiger charge is 2.32. The number of rotatable bonds is 1. The molecule has 2 heterocycles. The first-order valence-electron chi connectivity index (χ1n) is 6.25. The van der Waals surface area contributed by atoms with Gasteiger partial charge in [-0.25, -0.2) is 4.39 Å². The summed E-state index contributed by atoms with van der Waals surface area (Å²) >= 11 is 0. The number of fused-ring (bicyclic) bond motifs is 1. The van der Waals surface area contributed by atoms with Crippen molar-refractivity contribution in [2.75, 3.05) is 37.6 Å². The molecule has 0 spiro atoms. The Labute approximate surface area is 105 Å². The second-order valence-electron chi connectivity index (χ2n) is 4.80. The molecule has 3 rings (SSSR count). The standard InChI is InChI=1S/C13H16FN3O/c14-10-2-1-3-11(6-10)16-4-5-17-12(9-16)7-15-8-13(17)18/h1-3,6,12,15H,4-5,7-9H2. The fraction of sp³-hybridized carbons (Fsp3) is 0.462. The van der Waals surface area contributed by atoms with E-state index in [0.29, 0.717) is 6.54 Å². The van der Waals surface area contributed by atoms with Gasteiger partial charge in [0.2, 0.25) is 5.91 Å². The zero-order valence-electron chi connectivity index (χ0n) is 10.1. The number of benzene rings is 1. The molecule has 96 valence electrons. The molecule has 0 radical (unpaired) electrons. The van der Waals surface area contributed by atoms with E-state index >= 15 is 0 Å². The molecule has 1 aromatic carbocycles. The second-order valence-corrected chi connectivity index (χ2v) is 4.80. The number of carbonyl (C=O) groups is 1. The van der Waals surface area contributed by atoms with Crippen LogP contribution in [0.15, 0.2) is 24.3 Å². The van der Waals surface area contributed by atoms with Crippen LogP contribution >= 0.6 is 0 Å². The van der Waals surface area contributed by atoms with Crippen LogP contribution in [0.5, 0.6) is 0 Å². The zero-order chi connectivity index (χ0) is 12.5. The molecule has 1 unspecified atom stereocenters. The molecule has 0 aliphatic carbocycles. The van der Waals surface area contributed by atoms with Gasteiger partial charge in [-0.05, 0) is 18.2 Å². The smallest absolute Gasteiger partial charge is 0.236 e. The molecule has 0 saturated carbocycles. The number of hydrogen-bond donors (Lipinski definition) is 1. The van der Waals surface area contributed by atoms with Gasteiger partial charge in [-0.2, -0.15) is 0 Å². The Hall–Kier alpha value is -1.62. The molecule has 1 atom stereocenters. The van der Waals surface area contributed by atoms with Crippen molar-refractivity contribution in [1.29, 1.82) is 0 Å². The average molecular weight is 249 g/mol. The van der Waals surface area contributed by atoms with Gasteiger partial charge in [-0.1, -0.05) is 6.07 Å². The monoisotopic (exact) mass is 249 g/mol. The molecule has 5 heteroatoms. The predicted octanol–water partition coefficient (Wildman–Crippen LogP) is 0.446. The number of carbonyl (C=O) groups excluding carboxylic acids is 1. The molecule has 18 heavy (non-hydrogen) atoms. The molecular weight excluding hydrogens is 233 g/mol. The van der Waals surface area contributed by atoms with Crippen molar-refractivity contribution in [2.45, 2.75) is 6.04 Å². The number of hydrogen-bond acceptors (Lipinski definition) is 3. The van der Waals surface area contributed by atoms with Crippen LogP contribution in [0.25, 0.3) is 0 Å². The SMILES string of the molecule is O=C1CNCC2CN(c3cccc(F)c3)CCN12. The summed E-state index contributed by atoms with van der Waals surface area (Å²) in [5, 5.41) is 3.13. The Balaban J connectivity index is 1.76. The van der Waals surface area contributed by atoms with E-state index in [1.165, 1.54) is 6.07 Å². The van der Waals surface area contributed by atoms with Gasteiger partial charge in [0, 0.05) is 31.9 Å². The molecular formula is C13H16FN3O. The number of piperazine rings is 2. The number of nitrogens with one attached hydrogen (secondary N) is 1. The molecule has 2 fully saturated rings. The minimum absolute atomic E-state index is 0.171. The highest BCUT2D eigenvalue weighted by atomic mass is 19.1. The highest BCUT2D eigenvalue weighted by molar-refractivity contribution is 5.79. The first-order valence-corrected chi connectivity index (χ1v) is 6.25. The maximum absolute atomic E-state index is 13.2. The molecule has 0 aromatic heterocycles. The van der Waals surface area contributed by atoms with E-state index in [4.69, 9.17) is 0 Å². The third kappa shape index (κ3) is 2.06. The Kier molecular flexibility index (Phi) is 2.91. The van der Waals surface area contributed by atoms with Crippen LogP contribution in [0.4, 0.5) is 10.1 Å². The Morgan fingerprint density at radius 1 is 1.33 bits per heavy atom. The lowest BCUT2D eigenvalue weighted by Gasteiger charge is -2.44. The molecule has 0 bridgehead atoms. The topological polar surface area (TPSA) is 35.6 Å². The van der Waals surface area contributed by atoms with E-state index in [1.54, 1.807) is 12.1 Å². The van der Waals surface area contributed by atoms with E-state index in [2.05, 4.69) is 10.2 Å². The molecule has 2 saturated heterocycles. The first kappa shape index (κ1) is 11.5. The number of nitrogens with zero attached hydrogens (tertiary/aromatic N) is 2. The fourth-order valence-corrected chi connectivity index (χ4v) is 2.71. The van der Waals surface area contributed by atoms with Crippen molar-refractivity contribution in [1.82, 2.24) is 10.2 Å².